The molecule has 0 spiro atoms. The largest absolute Gasteiger partial charge is 0.397 e. The van der Waals surface area contributed by atoms with Crippen LogP contribution >= 0.6 is 0 Å². The maximum atomic E-state index is 6.15. The second kappa shape index (κ2) is 9.14. The molecular formula is C25H25N9. The normalized spacial score (nSPS) is 11.1. The van der Waals surface area contributed by atoms with E-state index in [-0.39, 0.29) is 0 Å². The number of pyridine rings is 2. The highest BCUT2D eigenvalue weighted by atomic mass is 15.5. The van der Waals surface area contributed by atoms with Gasteiger partial charge in [-0.3, -0.25) is 4.98 Å². The number of rotatable bonds is 7. The number of anilines is 3. The molecule has 0 saturated heterocycles. The zero-order valence-corrected chi connectivity index (χ0v) is 18.8. The Balaban J connectivity index is 1.47. The molecule has 0 saturated carbocycles. The van der Waals surface area contributed by atoms with E-state index in [2.05, 4.69) is 72.7 Å². The molecule has 0 radical (unpaired) electrons. The van der Waals surface area contributed by atoms with Gasteiger partial charge in [-0.05, 0) is 34.4 Å². The van der Waals surface area contributed by atoms with Gasteiger partial charge < -0.3 is 16.4 Å². The highest BCUT2D eigenvalue weighted by Crippen LogP contribution is 2.32. The third-order valence-electron chi connectivity index (χ3n) is 5.71. The molecule has 5 aromatic rings. The van der Waals surface area contributed by atoms with E-state index in [9.17, 15) is 0 Å². The lowest BCUT2D eigenvalue weighted by atomic mass is 9.98. The van der Waals surface area contributed by atoms with Crippen molar-refractivity contribution in [2.75, 3.05) is 22.9 Å². The summed E-state index contributed by atoms with van der Waals surface area (Å²) in [6.45, 7) is 3.70. The third kappa shape index (κ3) is 4.11. The Labute approximate surface area is 196 Å². The Morgan fingerprint density at radius 1 is 0.941 bits per heavy atom. The van der Waals surface area contributed by atoms with Crippen LogP contribution in [0.2, 0.25) is 0 Å². The molecule has 0 aliphatic rings. The smallest absolute Gasteiger partial charge is 0.205 e. The monoisotopic (exact) mass is 451 g/mol. The van der Waals surface area contributed by atoms with Crippen molar-refractivity contribution >= 4 is 28.2 Å². The van der Waals surface area contributed by atoms with Crippen LogP contribution in [0.4, 0.5) is 17.2 Å². The Morgan fingerprint density at radius 3 is 2.47 bits per heavy atom. The molecule has 0 atom stereocenters. The Morgan fingerprint density at radius 2 is 1.74 bits per heavy atom. The number of nitrogens with two attached hydrogens (primary N) is 2. The van der Waals surface area contributed by atoms with Gasteiger partial charge in [-0.2, -0.15) is 5.21 Å². The van der Waals surface area contributed by atoms with E-state index in [1.807, 2.05) is 24.3 Å². The van der Waals surface area contributed by atoms with Crippen LogP contribution < -0.4 is 16.4 Å². The first kappa shape index (κ1) is 21.3. The molecule has 0 aliphatic heterocycles. The number of nitrogens with one attached hydrogen (secondary N) is 1. The van der Waals surface area contributed by atoms with E-state index in [0.717, 1.165) is 40.9 Å². The maximum Gasteiger partial charge on any atom is 0.205 e. The minimum atomic E-state index is 0.428. The number of hydrogen-bond donors (Lipinski definition) is 3. The van der Waals surface area contributed by atoms with E-state index in [1.165, 1.54) is 5.56 Å². The molecule has 34 heavy (non-hydrogen) atoms. The topological polar surface area (TPSA) is 136 Å². The van der Waals surface area contributed by atoms with Crippen LogP contribution in [0.3, 0.4) is 0 Å². The summed E-state index contributed by atoms with van der Waals surface area (Å²) in [5, 5.41) is 14.5. The average Bonchev–Trinajstić information content (AvgIpc) is 3.39. The van der Waals surface area contributed by atoms with Crippen LogP contribution in [0, 0.1) is 0 Å². The van der Waals surface area contributed by atoms with E-state index >= 15 is 0 Å². The second-order valence-electron chi connectivity index (χ2n) is 8.06. The zero-order valence-electron chi connectivity index (χ0n) is 18.8. The molecule has 2 aromatic carbocycles. The molecule has 9 nitrogen and oxygen atoms in total. The summed E-state index contributed by atoms with van der Waals surface area (Å²) in [6.07, 6.45) is 2.68. The molecule has 5 rings (SSSR count). The summed E-state index contributed by atoms with van der Waals surface area (Å²) in [6, 6.07) is 20.2. The lowest BCUT2D eigenvalue weighted by Crippen LogP contribution is -2.24. The number of hydrogen-bond acceptors (Lipinski definition) is 8. The molecular weight excluding hydrogens is 426 g/mol. The van der Waals surface area contributed by atoms with Crippen molar-refractivity contribution in [1.29, 1.82) is 0 Å². The van der Waals surface area contributed by atoms with Gasteiger partial charge in [0.05, 0.1) is 11.4 Å². The van der Waals surface area contributed by atoms with Crippen LogP contribution in [-0.2, 0) is 6.54 Å². The summed E-state index contributed by atoms with van der Waals surface area (Å²) in [4.78, 5) is 11.2. The van der Waals surface area contributed by atoms with E-state index in [1.54, 1.807) is 12.3 Å². The van der Waals surface area contributed by atoms with Gasteiger partial charge in [0.2, 0.25) is 5.82 Å². The van der Waals surface area contributed by atoms with Gasteiger partial charge in [0, 0.05) is 30.9 Å². The van der Waals surface area contributed by atoms with Gasteiger partial charge in [-0.25, -0.2) is 4.98 Å². The number of fused-ring (bicyclic) bond motifs is 1. The van der Waals surface area contributed by atoms with Crippen LogP contribution in [-0.4, -0.2) is 37.1 Å². The van der Waals surface area contributed by atoms with Gasteiger partial charge in [0.15, 0.2) is 0 Å². The van der Waals surface area contributed by atoms with Crippen molar-refractivity contribution < 1.29 is 0 Å². The Kier molecular flexibility index (Phi) is 5.73. The molecule has 0 fully saturated rings. The van der Waals surface area contributed by atoms with Crippen molar-refractivity contribution in [3.63, 3.8) is 0 Å². The number of H-pyrrole nitrogens is 1. The lowest BCUT2D eigenvalue weighted by Gasteiger charge is -2.26. The number of aromatic amines is 1. The first-order valence-electron chi connectivity index (χ1n) is 11.1. The van der Waals surface area contributed by atoms with Crippen LogP contribution in [0.5, 0.6) is 0 Å². The second-order valence-corrected chi connectivity index (χ2v) is 8.06. The zero-order chi connectivity index (χ0) is 23.5. The molecule has 5 N–H and O–H groups in total. The third-order valence-corrected chi connectivity index (χ3v) is 5.71. The molecule has 0 unspecified atom stereocenters. The quantitative estimate of drug-likeness (QED) is 0.337. The minimum absolute atomic E-state index is 0.428. The Hall–Kier alpha value is -4.53. The fraction of sp³-hybridized carbons (Fsp3) is 0.160. The van der Waals surface area contributed by atoms with Crippen LogP contribution in [0.1, 0.15) is 18.9 Å². The van der Waals surface area contributed by atoms with Gasteiger partial charge in [-0.15, -0.1) is 10.2 Å². The molecule has 9 heteroatoms. The van der Waals surface area contributed by atoms with Crippen molar-refractivity contribution in [2.24, 2.45) is 0 Å². The minimum Gasteiger partial charge on any atom is -0.397 e. The first-order valence-corrected chi connectivity index (χ1v) is 11.1. The van der Waals surface area contributed by atoms with E-state index in [0.29, 0.717) is 29.4 Å². The summed E-state index contributed by atoms with van der Waals surface area (Å²) in [7, 11) is 0. The number of nitrogens with zero attached hydrogens (tertiary/aromatic N) is 6. The van der Waals surface area contributed by atoms with Crippen LogP contribution in [0.25, 0.3) is 33.5 Å². The average molecular weight is 452 g/mol. The number of benzene rings is 2. The van der Waals surface area contributed by atoms with Gasteiger partial charge >= 0.3 is 0 Å². The summed E-state index contributed by atoms with van der Waals surface area (Å²) in [5.41, 5.74) is 19.4. The predicted octanol–water partition coefficient (Wildman–Crippen LogP) is 4.06. The highest BCUT2D eigenvalue weighted by molar-refractivity contribution is 5.96. The highest BCUT2D eigenvalue weighted by Gasteiger charge is 2.16. The Bertz CT molecular complexity index is 1410. The fourth-order valence-corrected chi connectivity index (χ4v) is 4.16. The summed E-state index contributed by atoms with van der Waals surface area (Å²) < 4.78 is 0. The summed E-state index contributed by atoms with van der Waals surface area (Å²) in [5.74, 6) is 0.999. The van der Waals surface area contributed by atoms with Gasteiger partial charge in [-0.1, -0.05) is 55.5 Å². The standard InChI is InChI=1S/C25H25N9/c1-2-13-34(21-14-22(27)29-23-20(26)11-12-28-24(21)23)15-16-7-9-17(10-8-16)18-5-3-4-6-19(18)25-30-32-33-31-25/h3-12,14H,2,13,15H2,1H3,(H2,26,28)(H2,27,29)(H,30,31,32,33). The molecule has 170 valence electrons. The number of tetrazole rings is 1. The van der Waals surface area contributed by atoms with E-state index in [4.69, 9.17) is 11.5 Å². The number of aromatic nitrogens is 6. The van der Waals surface area contributed by atoms with Crippen molar-refractivity contribution in [2.45, 2.75) is 19.9 Å². The number of nitrogen functional groups attached to an aromatic ring is 2. The fourth-order valence-electron chi connectivity index (χ4n) is 4.16. The molecule has 0 amide bonds. The van der Waals surface area contributed by atoms with E-state index < -0.39 is 0 Å². The maximum absolute atomic E-state index is 6.15. The van der Waals surface area contributed by atoms with Gasteiger partial charge in [0.25, 0.3) is 0 Å². The van der Waals surface area contributed by atoms with Crippen LogP contribution in [0.15, 0.2) is 66.9 Å². The lowest BCUT2D eigenvalue weighted by molar-refractivity contribution is 0.769. The van der Waals surface area contributed by atoms with Crippen molar-refractivity contribution in [1.82, 2.24) is 30.6 Å². The molecule has 3 aromatic heterocycles. The van der Waals surface area contributed by atoms with Crippen molar-refractivity contribution in [3.05, 3.63) is 72.4 Å². The van der Waals surface area contributed by atoms with Crippen molar-refractivity contribution in [3.8, 4) is 22.5 Å². The molecule has 0 bridgehead atoms. The molecule has 3 heterocycles. The summed E-state index contributed by atoms with van der Waals surface area (Å²) >= 11 is 0. The predicted molar refractivity (Wildman–Crippen MR) is 135 cm³/mol. The first-order chi connectivity index (χ1) is 16.6. The van der Waals surface area contributed by atoms with Gasteiger partial charge in [0.1, 0.15) is 16.9 Å². The SMILES string of the molecule is CCCN(Cc1ccc(-c2ccccc2-c2nn[nH]n2)cc1)c1cc(N)nc2c(N)ccnc12. The molecule has 0 aliphatic carbocycles.